The van der Waals surface area contributed by atoms with E-state index in [0.717, 1.165) is 12.8 Å². The third kappa shape index (κ3) is 1.85. The van der Waals surface area contributed by atoms with E-state index in [1.165, 1.54) is 6.07 Å². The number of hydrogen-bond donors (Lipinski definition) is 2. The number of aromatic nitrogens is 2. The fraction of sp³-hybridized carbons (Fsp3) is 0.467. The Labute approximate surface area is 116 Å². The molecule has 5 heteroatoms. The summed E-state index contributed by atoms with van der Waals surface area (Å²) in [6.07, 6.45) is 2.07. The Morgan fingerprint density at radius 2 is 2.10 bits per heavy atom. The van der Waals surface area contributed by atoms with Crippen molar-refractivity contribution >= 4 is 17.0 Å². The molecular weight excluding hydrogens is 256 g/mol. The molecule has 3 unspecified atom stereocenters. The first-order valence-electron chi connectivity index (χ1n) is 6.96. The highest BCUT2D eigenvalue weighted by molar-refractivity contribution is 5.92. The topological polar surface area (TPSA) is 75.1 Å². The lowest BCUT2D eigenvalue weighted by molar-refractivity contribution is 0.0697. The largest absolute Gasteiger partial charge is 0.478 e. The Kier molecular flexibility index (Phi) is 2.92. The summed E-state index contributed by atoms with van der Waals surface area (Å²) in [5.74, 6) is 0.0274. The molecular formula is C15H18N2O3. The summed E-state index contributed by atoms with van der Waals surface area (Å²) < 4.78 is 1.75. The number of fused-ring (bicyclic) bond motifs is 1. The van der Waals surface area contributed by atoms with Gasteiger partial charge in [0.2, 0.25) is 0 Å². The van der Waals surface area contributed by atoms with Crippen molar-refractivity contribution < 1.29 is 9.90 Å². The van der Waals surface area contributed by atoms with Gasteiger partial charge in [0.15, 0.2) is 0 Å². The zero-order valence-electron chi connectivity index (χ0n) is 11.6. The van der Waals surface area contributed by atoms with Gasteiger partial charge in [-0.3, -0.25) is 4.57 Å². The van der Waals surface area contributed by atoms with Crippen LogP contribution in [-0.4, -0.2) is 20.6 Å². The number of nitrogens with one attached hydrogen (secondary N) is 1. The van der Waals surface area contributed by atoms with Gasteiger partial charge in [-0.15, -0.1) is 0 Å². The van der Waals surface area contributed by atoms with E-state index in [4.69, 9.17) is 5.11 Å². The predicted molar refractivity (Wildman–Crippen MR) is 76.1 cm³/mol. The average Bonchev–Trinajstić information content (AvgIpc) is 2.89. The maximum absolute atomic E-state index is 12.2. The summed E-state index contributed by atoms with van der Waals surface area (Å²) in [6, 6.07) is 4.92. The van der Waals surface area contributed by atoms with Crippen LogP contribution in [-0.2, 0) is 0 Å². The van der Waals surface area contributed by atoms with Crippen molar-refractivity contribution in [2.75, 3.05) is 0 Å². The molecule has 1 heterocycles. The van der Waals surface area contributed by atoms with Gasteiger partial charge in [-0.1, -0.05) is 13.8 Å². The van der Waals surface area contributed by atoms with Crippen molar-refractivity contribution in [3.05, 3.63) is 34.2 Å². The molecule has 1 aliphatic carbocycles. The van der Waals surface area contributed by atoms with Crippen molar-refractivity contribution in [1.29, 1.82) is 0 Å². The zero-order valence-corrected chi connectivity index (χ0v) is 11.6. The molecule has 1 fully saturated rings. The molecule has 0 amide bonds. The van der Waals surface area contributed by atoms with Crippen molar-refractivity contribution in [3.63, 3.8) is 0 Å². The number of carboxylic acids is 1. The lowest BCUT2D eigenvalue weighted by Crippen LogP contribution is -2.25. The molecule has 1 aliphatic rings. The maximum atomic E-state index is 12.2. The van der Waals surface area contributed by atoms with Gasteiger partial charge in [-0.2, -0.15) is 0 Å². The van der Waals surface area contributed by atoms with Crippen LogP contribution in [0.25, 0.3) is 11.0 Å². The van der Waals surface area contributed by atoms with Crippen LogP contribution in [0.2, 0.25) is 0 Å². The predicted octanol–water partition coefficient (Wildman–Crippen LogP) is 2.63. The standard InChI is InChI=1S/C15H18N2O3/c1-8-3-6-12(9(8)2)17-13-7-10(14(18)19)4-5-11(13)16-15(17)20/h4-5,7-9,12H,3,6H2,1-2H3,(H,16,20)(H,18,19). The number of benzene rings is 1. The summed E-state index contributed by atoms with van der Waals surface area (Å²) in [6.45, 7) is 4.36. The van der Waals surface area contributed by atoms with Crippen molar-refractivity contribution in [2.24, 2.45) is 11.8 Å². The van der Waals surface area contributed by atoms with Gasteiger partial charge in [0.1, 0.15) is 0 Å². The minimum Gasteiger partial charge on any atom is -0.478 e. The lowest BCUT2D eigenvalue weighted by Gasteiger charge is -2.19. The first kappa shape index (κ1) is 13.0. The fourth-order valence-electron chi connectivity index (χ4n) is 3.29. The van der Waals surface area contributed by atoms with Gasteiger partial charge in [0, 0.05) is 6.04 Å². The van der Waals surface area contributed by atoms with Crippen LogP contribution in [0.4, 0.5) is 0 Å². The normalized spacial score (nSPS) is 26.2. The van der Waals surface area contributed by atoms with Gasteiger partial charge >= 0.3 is 11.7 Å². The number of nitrogens with zero attached hydrogens (tertiary/aromatic N) is 1. The van der Waals surface area contributed by atoms with E-state index < -0.39 is 5.97 Å². The lowest BCUT2D eigenvalue weighted by atomic mass is 9.97. The number of carbonyl (C=O) groups is 1. The highest BCUT2D eigenvalue weighted by Gasteiger charge is 2.33. The molecule has 0 radical (unpaired) electrons. The number of hydrogen-bond acceptors (Lipinski definition) is 2. The number of imidazole rings is 1. The van der Waals surface area contributed by atoms with E-state index in [-0.39, 0.29) is 17.3 Å². The minimum atomic E-state index is -0.972. The molecule has 1 aromatic heterocycles. The van der Waals surface area contributed by atoms with Gasteiger partial charge in [-0.05, 0) is 42.9 Å². The van der Waals surface area contributed by atoms with Crippen LogP contribution in [0.5, 0.6) is 0 Å². The molecule has 2 N–H and O–H groups in total. The third-order valence-electron chi connectivity index (χ3n) is 4.72. The SMILES string of the molecule is CC1CCC(n2c(=O)[nH]c3ccc(C(=O)O)cc32)C1C. The van der Waals surface area contributed by atoms with E-state index in [1.54, 1.807) is 16.7 Å². The van der Waals surface area contributed by atoms with Crippen molar-refractivity contribution in [2.45, 2.75) is 32.7 Å². The van der Waals surface area contributed by atoms with Crippen LogP contribution in [0, 0.1) is 11.8 Å². The molecule has 3 rings (SSSR count). The van der Waals surface area contributed by atoms with Gasteiger partial charge in [-0.25, -0.2) is 9.59 Å². The van der Waals surface area contributed by atoms with Gasteiger partial charge in [0.05, 0.1) is 16.6 Å². The molecule has 2 aromatic rings. The van der Waals surface area contributed by atoms with Crippen LogP contribution in [0.3, 0.4) is 0 Å². The number of carboxylic acid groups (broad SMARTS) is 1. The molecule has 1 saturated carbocycles. The van der Waals surface area contributed by atoms with E-state index in [0.29, 0.717) is 22.9 Å². The third-order valence-corrected chi connectivity index (χ3v) is 4.72. The average molecular weight is 274 g/mol. The summed E-state index contributed by atoms with van der Waals surface area (Å²) in [5, 5.41) is 9.10. The summed E-state index contributed by atoms with van der Waals surface area (Å²) >= 11 is 0. The van der Waals surface area contributed by atoms with Crippen LogP contribution < -0.4 is 5.69 Å². The number of aromatic amines is 1. The quantitative estimate of drug-likeness (QED) is 0.884. The monoisotopic (exact) mass is 274 g/mol. The summed E-state index contributed by atoms with van der Waals surface area (Å²) in [4.78, 5) is 26.1. The molecule has 106 valence electrons. The molecule has 5 nitrogen and oxygen atoms in total. The first-order chi connectivity index (χ1) is 9.49. The molecule has 0 bridgehead atoms. The van der Waals surface area contributed by atoms with Gasteiger partial charge in [0.25, 0.3) is 0 Å². The Balaban J connectivity index is 2.19. The number of H-pyrrole nitrogens is 1. The Bertz CT molecular complexity index is 728. The molecule has 1 aromatic carbocycles. The van der Waals surface area contributed by atoms with E-state index in [2.05, 4.69) is 18.8 Å². The smallest absolute Gasteiger partial charge is 0.335 e. The second kappa shape index (κ2) is 4.51. The Morgan fingerprint density at radius 1 is 1.35 bits per heavy atom. The highest BCUT2D eigenvalue weighted by atomic mass is 16.4. The van der Waals surface area contributed by atoms with Crippen LogP contribution >= 0.6 is 0 Å². The Morgan fingerprint density at radius 3 is 2.70 bits per heavy atom. The van der Waals surface area contributed by atoms with Gasteiger partial charge < -0.3 is 10.1 Å². The van der Waals surface area contributed by atoms with E-state index in [9.17, 15) is 9.59 Å². The van der Waals surface area contributed by atoms with Crippen LogP contribution in [0.15, 0.2) is 23.0 Å². The number of aromatic carboxylic acids is 1. The number of rotatable bonds is 2. The second-order valence-corrected chi connectivity index (χ2v) is 5.82. The maximum Gasteiger partial charge on any atom is 0.335 e. The van der Waals surface area contributed by atoms with E-state index in [1.807, 2.05) is 0 Å². The molecule has 3 atom stereocenters. The summed E-state index contributed by atoms with van der Waals surface area (Å²) in [7, 11) is 0. The van der Waals surface area contributed by atoms with Crippen molar-refractivity contribution in [3.8, 4) is 0 Å². The first-order valence-corrected chi connectivity index (χ1v) is 6.96. The molecule has 0 spiro atoms. The zero-order chi connectivity index (χ0) is 14.4. The Hall–Kier alpha value is -2.04. The molecule has 20 heavy (non-hydrogen) atoms. The van der Waals surface area contributed by atoms with Crippen molar-refractivity contribution in [1.82, 2.24) is 9.55 Å². The van der Waals surface area contributed by atoms with Crippen LogP contribution in [0.1, 0.15) is 43.1 Å². The fourth-order valence-corrected chi connectivity index (χ4v) is 3.29. The molecule has 0 saturated heterocycles. The van der Waals surface area contributed by atoms with E-state index >= 15 is 0 Å². The summed E-state index contributed by atoms with van der Waals surface area (Å²) in [5.41, 5.74) is 1.46. The minimum absolute atomic E-state index is 0.145. The molecule has 0 aliphatic heterocycles. The highest BCUT2D eigenvalue weighted by Crippen LogP contribution is 2.40. The second-order valence-electron chi connectivity index (χ2n) is 5.82.